The third-order valence-electron chi connectivity index (χ3n) is 8.12. The Balaban J connectivity index is 1.33. The average Bonchev–Trinajstić information content (AvgIpc) is 3.29. The Bertz CT molecular complexity index is 1500. The molecule has 3 fully saturated rings. The number of pyridine rings is 1. The van der Waals surface area contributed by atoms with Crippen molar-refractivity contribution in [1.29, 1.82) is 0 Å². The summed E-state index contributed by atoms with van der Waals surface area (Å²) in [7, 11) is 0. The van der Waals surface area contributed by atoms with Gasteiger partial charge in [-0.25, -0.2) is 14.4 Å². The number of benzene rings is 1. The van der Waals surface area contributed by atoms with Gasteiger partial charge in [-0.1, -0.05) is 43.3 Å². The van der Waals surface area contributed by atoms with Crippen LogP contribution in [-0.4, -0.2) is 98.8 Å². The van der Waals surface area contributed by atoms with Crippen LogP contribution in [0.25, 0.3) is 6.08 Å². The summed E-state index contributed by atoms with van der Waals surface area (Å²) in [5.41, 5.74) is 0.204. The Morgan fingerprint density at radius 3 is 2.44 bits per heavy atom. The molecule has 2 N–H and O–H groups in total. The predicted molar refractivity (Wildman–Crippen MR) is 150 cm³/mol. The molecule has 4 heterocycles. The number of carboxylic acids is 1. The summed E-state index contributed by atoms with van der Waals surface area (Å²) >= 11 is 0. The molecule has 43 heavy (non-hydrogen) atoms. The molecule has 0 radical (unpaired) electrons. The maximum absolute atomic E-state index is 13.5. The molecule has 0 bridgehead atoms. The average molecular weight is 590 g/mol. The number of aromatic nitrogens is 1. The van der Waals surface area contributed by atoms with Crippen LogP contribution in [0, 0.1) is 5.41 Å². The number of aliphatic carboxylic acids is 1. The molecule has 0 aliphatic carbocycles. The van der Waals surface area contributed by atoms with Crippen molar-refractivity contribution in [2.24, 2.45) is 5.41 Å². The number of amides is 5. The van der Waals surface area contributed by atoms with E-state index in [4.69, 9.17) is 4.74 Å². The summed E-state index contributed by atoms with van der Waals surface area (Å²) in [6, 6.07) is 9.43. The van der Waals surface area contributed by atoms with Crippen molar-refractivity contribution < 1.29 is 38.6 Å². The summed E-state index contributed by atoms with van der Waals surface area (Å²) in [6.45, 7) is 3.44. The van der Waals surface area contributed by atoms with E-state index in [0.717, 1.165) is 4.90 Å². The van der Waals surface area contributed by atoms with Crippen LogP contribution in [0.5, 0.6) is 0 Å². The first-order valence-corrected chi connectivity index (χ1v) is 13.9. The largest absolute Gasteiger partial charge is 0.480 e. The van der Waals surface area contributed by atoms with Gasteiger partial charge in [-0.3, -0.25) is 24.3 Å². The Labute approximate surface area is 247 Å². The van der Waals surface area contributed by atoms with E-state index in [1.165, 1.54) is 9.80 Å². The van der Waals surface area contributed by atoms with Crippen LogP contribution in [0.2, 0.25) is 0 Å². The number of fused-ring (bicyclic) bond motifs is 1. The first kappa shape index (κ1) is 29.4. The highest BCUT2D eigenvalue weighted by atomic mass is 16.5. The second-order valence-electron chi connectivity index (χ2n) is 10.9. The fraction of sp³-hybridized carbons (Fsp3) is 0.367. The van der Waals surface area contributed by atoms with Gasteiger partial charge in [0.1, 0.15) is 6.04 Å². The van der Waals surface area contributed by atoms with Crippen LogP contribution in [-0.2, 0) is 28.7 Å². The van der Waals surface area contributed by atoms with E-state index in [2.05, 4.69) is 10.3 Å². The molecule has 0 spiro atoms. The van der Waals surface area contributed by atoms with Gasteiger partial charge in [-0.05, 0) is 37.1 Å². The fourth-order valence-corrected chi connectivity index (χ4v) is 5.86. The van der Waals surface area contributed by atoms with Crippen molar-refractivity contribution in [3.63, 3.8) is 0 Å². The van der Waals surface area contributed by atoms with E-state index in [1.54, 1.807) is 74.7 Å². The first-order chi connectivity index (χ1) is 20.6. The SMILES string of the molecule is CCN1CCN(C(=O)NC(C(=O)OC[C@]2(C)CC3/C(=C\c4ccccn4)C(=O)N3[C@H]2C(=O)O)c2ccccc2)C(=O)C1=O. The molecule has 2 unspecified atom stereocenters. The van der Waals surface area contributed by atoms with Gasteiger partial charge in [-0.2, -0.15) is 0 Å². The van der Waals surface area contributed by atoms with E-state index in [-0.39, 0.29) is 26.1 Å². The number of nitrogens with one attached hydrogen (secondary N) is 1. The molecule has 13 nitrogen and oxygen atoms in total. The van der Waals surface area contributed by atoms with Crippen molar-refractivity contribution in [1.82, 2.24) is 25.0 Å². The molecule has 0 saturated carbocycles. The third-order valence-corrected chi connectivity index (χ3v) is 8.12. The molecule has 3 saturated heterocycles. The number of carboxylic acid groups (broad SMARTS) is 1. The highest BCUT2D eigenvalue weighted by Crippen LogP contribution is 2.50. The summed E-state index contributed by atoms with van der Waals surface area (Å²) in [4.78, 5) is 84.4. The van der Waals surface area contributed by atoms with E-state index >= 15 is 0 Å². The number of hydrogen-bond acceptors (Lipinski definition) is 8. The standard InChI is InChI=1S/C30H31N5O8/c1-3-33-13-14-34(26(38)25(33)37)29(42)32-22(18-9-5-4-6-10-18)28(41)43-17-30(2)16-21-20(15-19-11-7-8-12-31-19)24(36)35(21)23(30)27(39)40/h4-12,15,21-23H,3,13-14,16-17H2,1-2H3,(H,32,42)(H,39,40)/b20-15+/t21?,22?,23-,30-/m0/s1. The summed E-state index contributed by atoms with van der Waals surface area (Å²) in [5, 5.41) is 12.6. The maximum Gasteiger partial charge on any atom is 0.333 e. The summed E-state index contributed by atoms with van der Waals surface area (Å²) in [5.74, 6) is -4.35. The van der Waals surface area contributed by atoms with Crippen LogP contribution in [0.1, 0.15) is 37.6 Å². The van der Waals surface area contributed by atoms with Gasteiger partial charge in [0.2, 0.25) is 0 Å². The van der Waals surface area contributed by atoms with Gasteiger partial charge in [0.05, 0.1) is 18.3 Å². The normalized spacial score (nSPS) is 24.8. The number of carbonyl (C=O) groups is 6. The van der Waals surface area contributed by atoms with Gasteiger partial charge in [0.15, 0.2) is 6.04 Å². The van der Waals surface area contributed by atoms with Gasteiger partial charge in [0.25, 0.3) is 5.91 Å². The van der Waals surface area contributed by atoms with E-state index < -0.39 is 59.2 Å². The van der Waals surface area contributed by atoms with E-state index in [9.17, 15) is 33.9 Å². The smallest absolute Gasteiger partial charge is 0.333 e. The molecular formula is C30H31N5O8. The van der Waals surface area contributed by atoms with E-state index in [1.807, 2.05) is 0 Å². The highest BCUT2D eigenvalue weighted by molar-refractivity contribution is 6.38. The number of rotatable bonds is 8. The minimum atomic E-state index is -1.35. The minimum Gasteiger partial charge on any atom is -0.480 e. The van der Waals surface area contributed by atoms with Gasteiger partial charge >= 0.3 is 29.8 Å². The molecule has 5 rings (SSSR count). The second kappa shape index (κ2) is 11.7. The molecule has 224 valence electrons. The number of esters is 1. The second-order valence-corrected chi connectivity index (χ2v) is 10.9. The number of carbonyl (C=O) groups excluding carboxylic acids is 5. The lowest BCUT2D eigenvalue weighted by Gasteiger charge is -2.40. The Kier molecular flexibility index (Phi) is 7.98. The topological polar surface area (TPSA) is 167 Å². The Hall–Kier alpha value is -5.07. The van der Waals surface area contributed by atoms with E-state index in [0.29, 0.717) is 23.4 Å². The van der Waals surface area contributed by atoms with Crippen LogP contribution in [0.15, 0.2) is 60.3 Å². The molecule has 1 aromatic heterocycles. The van der Waals surface area contributed by atoms with Gasteiger partial charge < -0.3 is 25.0 Å². The number of likely N-dealkylation sites (N-methyl/N-ethyl adjacent to an activating group) is 1. The zero-order chi connectivity index (χ0) is 30.9. The van der Waals surface area contributed by atoms with Crippen molar-refractivity contribution in [3.8, 4) is 0 Å². The number of piperazine rings is 1. The zero-order valence-corrected chi connectivity index (χ0v) is 23.6. The summed E-state index contributed by atoms with van der Waals surface area (Å²) in [6.07, 6.45) is 3.45. The molecule has 1 aromatic carbocycles. The number of hydrogen-bond donors (Lipinski definition) is 2. The van der Waals surface area contributed by atoms with Gasteiger partial charge in [-0.15, -0.1) is 0 Å². The molecule has 4 atom stereocenters. The molecule has 3 aliphatic heterocycles. The van der Waals surface area contributed by atoms with Gasteiger partial charge in [0, 0.05) is 36.8 Å². The fourth-order valence-electron chi connectivity index (χ4n) is 5.86. The first-order valence-electron chi connectivity index (χ1n) is 13.9. The van der Waals surface area contributed by atoms with Crippen molar-refractivity contribution in [3.05, 3.63) is 71.6 Å². The van der Waals surface area contributed by atoms with Crippen LogP contribution in [0.4, 0.5) is 4.79 Å². The molecule has 3 aliphatic rings. The number of β-lactam (4-membered cyclic amide) rings is 1. The highest BCUT2D eigenvalue weighted by Gasteiger charge is 2.62. The number of ether oxygens (including phenoxy) is 1. The monoisotopic (exact) mass is 589 g/mol. The zero-order valence-electron chi connectivity index (χ0n) is 23.6. The number of imide groups is 1. The number of urea groups is 1. The quantitative estimate of drug-likeness (QED) is 0.199. The van der Waals surface area contributed by atoms with Crippen LogP contribution < -0.4 is 5.32 Å². The Morgan fingerprint density at radius 1 is 1.07 bits per heavy atom. The lowest BCUT2D eigenvalue weighted by Crippen LogP contribution is -2.59. The van der Waals surface area contributed by atoms with Crippen LogP contribution in [0.3, 0.4) is 0 Å². The lowest BCUT2D eigenvalue weighted by molar-refractivity contribution is -0.159. The Morgan fingerprint density at radius 2 is 1.79 bits per heavy atom. The van der Waals surface area contributed by atoms with Crippen molar-refractivity contribution in [2.75, 3.05) is 26.2 Å². The molecule has 13 heteroatoms. The molecule has 5 amide bonds. The molecular weight excluding hydrogens is 558 g/mol. The van der Waals surface area contributed by atoms with Crippen molar-refractivity contribution >= 4 is 41.8 Å². The molecule has 2 aromatic rings. The minimum absolute atomic E-state index is 0.0429. The predicted octanol–water partition coefficient (Wildman–Crippen LogP) is 1.22. The third kappa shape index (κ3) is 5.45. The number of nitrogens with zero attached hydrogens (tertiary/aromatic N) is 4. The lowest BCUT2D eigenvalue weighted by atomic mass is 9.81. The summed E-state index contributed by atoms with van der Waals surface area (Å²) < 4.78 is 5.64. The van der Waals surface area contributed by atoms with Crippen LogP contribution >= 0.6 is 0 Å². The maximum atomic E-state index is 13.5. The van der Waals surface area contributed by atoms with Crippen molar-refractivity contribution in [2.45, 2.75) is 38.4 Å².